The molecular formula is C22H25F3N2O3. The molecule has 0 fully saturated rings. The lowest BCUT2D eigenvalue weighted by Gasteiger charge is -2.32. The minimum Gasteiger partial charge on any atom is -0.475 e. The first-order chi connectivity index (χ1) is 14.1. The predicted molar refractivity (Wildman–Crippen MR) is 108 cm³/mol. The van der Waals surface area contributed by atoms with E-state index in [2.05, 4.69) is 42.2 Å². The Balaban J connectivity index is 0.000000396. The third kappa shape index (κ3) is 6.32. The highest BCUT2D eigenvalue weighted by Gasteiger charge is 2.38. The average molecular weight is 422 g/mol. The van der Waals surface area contributed by atoms with Crippen molar-refractivity contribution in [3.05, 3.63) is 65.7 Å². The minimum atomic E-state index is -5.08. The Morgan fingerprint density at radius 2 is 1.67 bits per heavy atom. The van der Waals surface area contributed by atoms with E-state index in [0.29, 0.717) is 6.54 Å². The van der Waals surface area contributed by atoms with Crippen LogP contribution in [0.5, 0.6) is 0 Å². The number of aryl methyl sites for hydroxylation is 1. The van der Waals surface area contributed by atoms with Gasteiger partial charge in [0.2, 0.25) is 5.91 Å². The number of rotatable bonds is 4. The molecule has 0 bridgehead atoms. The molecule has 0 aromatic heterocycles. The molecule has 2 aromatic rings. The third-order valence-electron chi connectivity index (χ3n) is 4.98. The van der Waals surface area contributed by atoms with Gasteiger partial charge in [-0.3, -0.25) is 9.69 Å². The van der Waals surface area contributed by atoms with E-state index in [9.17, 15) is 18.0 Å². The van der Waals surface area contributed by atoms with Crippen LogP contribution in [0.15, 0.2) is 54.6 Å². The quantitative estimate of drug-likeness (QED) is 0.799. The number of carbonyl (C=O) groups excluding carboxylic acids is 1. The number of carboxylic acids is 1. The predicted octanol–water partition coefficient (Wildman–Crippen LogP) is 4.29. The number of aliphatic carboxylic acids is 1. The number of alkyl halides is 3. The van der Waals surface area contributed by atoms with Crippen LogP contribution in [0, 0.1) is 0 Å². The number of likely N-dealkylation sites (N-methyl/N-ethyl adjacent to an activating group) is 1. The van der Waals surface area contributed by atoms with Gasteiger partial charge in [0.1, 0.15) is 0 Å². The molecule has 1 N–H and O–H groups in total. The lowest BCUT2D eigenvalue weighted by Crippen LogP contribution is -2.42. The number of hydrogen-bond acceptors (Lipinski definition) is 3. The fraction of sp³-hybridized carbons (Fsp3) is 0.364. The molecular weight excluding hydrogens is 397 g/mol. The van der Waals surface area contributed by atoms with Gasteiger partial charge in [0.15, 0.2) is 0 Å². The largest absolute Gasteiger partial charge is 0.490 e. The van der Waals surface area contributed by atoms with Crippen LogP contribution in [-0.2, 0) is 16.0 Å². The highest BCUT2D eigenvalue weighted by molar-refractivity contribution is 5.96. The lowest BCUT2D eigenvalue weighted by atomic mass is 10.0. The SMILES string of the molecule is C[C@H](c1ccccc1)N(C)CC(=O)N1CCCc2ccccc21.O=C(O)C(F)(F)F. The summed E-state index contributed by atoms with van der Waals surface area (Å²) in [4.78, 5) is 25.8. The summed E-state index contributed by atoms with van der Waals surface area (Å²) in [6, 6.07) is 18.8. The molecule has 0 saturated carbocycles. The van der Waals surface area contributed by atoms with Crippen molar-refractivity contribution in [2.75, 3.05) is 25.0 Å². The number of halogens is 3. The average Bonchev–Trinajstić information content (AvgIpc) is 2.73. The molecule has 0 unspecified atom stereocenters. The van der Waals surface area contributed by atoms with Crippen molar-refractivity contribution in [1.29, 1.82) is 0 Å². The lowest BCUT2D eigenvalue weighted by molar-refractivity contribution is -0.192. The smallest absolute Gasteiger partial charge is 0.475 e. The van der Waals surface area contributed by atoms with Crippen molar-refractivity contribution in [3.8, 4) is 0 Å². The Bertz CT molecular complexity index is 856. The number of carbonyl (C=O) groups is 2. The maximum atomic E-state index is 12.8. The monoisotopic (exact) mass is 422 g/mol. The zero-order chi connectivity index (χ0) is 22.3. The summed E-state index contributed by atoms with van der Waals surface area (Å²) in [6.45, 7) is 3.40. The first-order valence-electron chi connectivity index (χ1n) is 9.55. The summed E-state index contributed by atoms with van der Waals surface area (Å²) in [5, 5.41) is 7.12. The topological polar surface area (TPSA) is 60.9 Å². The maximum absolute atomic E-state index is 12.8. The van der Waals surface area contributed by atoms with E-state index in [1.165, 1.54) is 11.1 Å². The number of amides is 1. The summed E-state index contributed by atoms with van der Waals surface area (Å²) < 4.78 is 31.7. The van der Waals surface area contributed by atoms with Gasteiger partial charge in [-0.05, 0) is 44.0 Å². The standard InChI is InChI=1S/C20H24N2O.C2HF3O2/c1-16(17-9-4-3-5-10-17)21(2)15-20(23)22-14-8-12-18-11-6-7-13-19(18)22;3-2(4,5)1(6)7/h3-7,9-11,13,16H,8,12,14-15H2,1-2H3;(H,6,7)/t16-;/m1./s1. The normalized spacial score (nSPS) is 14.4. The zero-order valence-corrected chi connectivity index (χ0v) is 16.9. The van der Waals surface area contributed by atoms with E-state index in [1.54, 1.807) is 0 Å². The number of benzene rings is 2. The van der Waals surface area contributed by atoms with Crippen molar-refractivity contribution < 1.29 is 27.9 Å². The molecule has 1 heterocycles. The van der Waals surface area contributed by atoms with Gasteiger partial charge in [-0.1, -0.05) is 48.5 Å². The molecule has 1 aliphatic rings. The van der Waals surface area contributed by atoms with Crippen LogP contribution in [0.2, 0.25) is 0 Å². The van der Waals surface area contributed by atoms with Crippen LogP contribution in [0.4, 0.5) is 18.9 Å². The molecule has 0 spiro atoms. The Hall–Kier alpha value is -2.87. The number of carboxylic acid groups (broad SMARTS) is 1. The van der Waals surface area contributed by atoms with Crippen LogP contribution < -0.4 is 4.90 Å². The fourth-order valence-corrected chi connectivity index (χ4v) is 3.21. The second kappa shape index (κ2) is 10.2. The van der Waals surface area contributed by atoms with Gasteiger partial charge in [0.05, 0.1) is 6.54 Å². The second-order valence-corrected chi connectivity index (χ2v) is 7.08. The van der Waals surface area contributed by atoms with Gasteiger partial charge in [0.25, 0.3) is 0 Å². The van der Waals surface area contributed by atoms with Crippen molar-refractivity contribution in [3.63, 3.8) is 0 Å². The van der Waals surface area contributed by atoms with Crippen molar-refractivity contribution in [1.82, 2.24) is 4.90 Å². The van der Waals surface area contributed by atoms with Crippen molar-refractivity contribution in [2.24, 2.45) is 0 Å². The Morgan fingerprint density at radius 3 is 2.27 bits per heavy atom. The second-order valence-electron chi connectivity index (χ2n) is 7.08. The minimum absolute atomic E-state index is 0.183. The van der Waals surface area contributed by atoms with Crippen LogP contribution >= 0.6 is 0 Å². The van der Waals surface area contributed by atoms with Gasteiger partial charge >= 0.3 is 12.1 Å². The molecule has 5 nitrogen and oxygen atoms in total. The maximum Gasteiger partial charge on any atom is 0.490 e. The van der Waals surface area contributed by atoms with Gasteiger partial charge in [0, 0.05) is 18.3 Å². The van der Waals surface area contributed by atoms with Gasteiger partial charge in [-0.2, -0.15) is 13.2 Å². The summed E-state index contributed by atoms with van der Waals surface area (Å²) in [5.74, 6) is -2.57. The molecule has 2 aromatic carbocycles. The summed E-state index contributed by atoms with van der Waals surface area (Å²) >= 11 is 0. The molecule has 8 heteroatoms. The number of fused-ring (bicyclic) bond motifs is 1. The zero-order valence-electron chi connectivity index (χ0n) is 16.9. The van der Waals surface area contributed by atoms with E-state index in [-0.39, 0.29) is 11.9 Å². The van der Waals surface area contributed by atoms with Crippen molar-refractivity contribution >= 4 is 17.6 Å². The van der Waals surface area contributed by atoms with E-state index < -0.39 is 12.1 Å². The van der Waals surface area contributed by atoms with Crippen LogP contribution in [0.1, 0.15) is 30.5 Å². The first kappa shape index (κ1) is 23.4. The summed E-state index contributed by atoms with van der Waals surface area (Å²) in [5.41, 5.74) is 3.61. The molecule has 0 saturated heterocycles. The highest BCUT2D eigenvalue weighted by Crippen LogP contribution is 2.27. The molecule has 1 atom stereocenters. The fourth-order valence-electron chi connectivity index (χ4n) is 3.21. The third-order valence-corrected chi connectivity index (χ3v) is 4.98. The summed E-state index contributed by atoms with van der Waals surface area (Å²) in [6.07, 6.45) is -2.98. The first-order valence-corrected chi connectivity index (χ1v) is 9.55. The van der Waals surface area contributed by atoms with Gasteiger partial charge < -0.3 is 10.0 Å². The van der Waals surface area contributed by atoms with E-state index in [0.717, 1.165) is 25.1 Å². The summed E-state index contributed by atoms with van der Waals surface area (Å²) in [7, 11) is 2.02. The molecule has 162 valence electrons. The molecule has 1 amide bonds. The number of nitrogens with zero attached hydrogens (tertiary/aromatic N) is 2. The van der Waals surface area contributed by atoms with Crippen LogP contribution in [-0.4, -0.2) is 48.2 Å². The highest BCUT2D eigenvalue weighted by atomic mass is 19.4. The molecule has 0 aliphatic carbocycles. The van der Waals surface area contributed by atoms with Crippen LogP contribution in [0.25, 0.3) is 0 Å². The van der Waals surface area contributed by atoms with Crippen LogP contribution in [0.3, 0.4) is 0 Å². The van der Waals surface area contributed by atoms with Gasteiger partial charge in [-0.25, -0.2) is 4.79 Å². The Labute approximate surface area is 173 Å². The Morgan fingerprint density at radius 1 is 1.10 bits per heavy atom. The van der Waals surface area contributed by atoms with Gasteiger partial charge in [-0.15, -0.1) is 0 Å². The van der Waals surface area contributed by atoms with Crippen molar-refractivity contribution in [2.45, 2.75) is 32.0 Å². The number of para-hydroxylation sites is 1. The number of hydrogen-bond donors (Lipinski definition) is 1. The molecule has 0 radical (unpaired) electrons. The molecule has 1 aliphatic heterocycles. The number of anilines is 1. The Kier molecular flexibility index (Phi) is 8.00. The molecule has 3 rings (SSSR count). The molecule has 30 heavy (non-hydrogen) atoms. The van der Waals surface area contributed by atoms with E-state index in [1.807, 2.05) is 36.2 Å². The van der Waals surface area contributed by atoms with E-state index >= 15 is 0 Å². The van der Waals surface area contributed by atoms with E-state index in [4.69, 9.17) is 9.90 Å².